The van der Waals surface area contributed by atoms with Crippen molar-refractivity contribution in [3.63, 3.8) is 0 Å². The largest absolute Gasteiger partial charge is 0.457 e. The van der Waals surface area contributed by atoms with Gasteiger partial charge in [-0.05, 0) is 41.5 Å². The first-order valence-electron chi connectivity index (χ1n) is 14.4. The van der Waals surface area contributed by atoms with Crippen LogP contribution in [0.5, 0.6) is 0 Å². The second-order valence-corrected chi connectivity index (χ2v) is 11.0. The van der Waals surface area contributed by atoms with E-state index < -0.39 is 75.5 Å². The Morgan fingerprint density at radius 1 is 0.312 bits per heavy atom. The SMILES string of the molecule is C=C(C)C(=O)OCc1c(COC(=O)C(=C)C)c(COC(=O)C(=C)C)c(COC(=O)C(=C)C)c(COC(=O)C(=C)C)c1COC(=O)C(=C)C. The van der Waals surface area contributed by atoms with Crippen LogP contribution in [0.4, 0.5) is 0 Å². The fourth-order valence-electron chi connectivity index (χ4n) is 3.70. The zero-order valence-corrected chi connectivity index (χ0v) is 28.4. The summed E-state index contributed by atoms with van der Waals surface area (Å²) in [5.41, 5.74) is 1.26. The summed E-state index contributed by atoms with van der Waals surface area (Å²) in [7, 11) is 0. The first kappa shape index (κ1) is 40.5. The highest BCUT2D eigenvalue weighted by molar-refractivity contribution is 5.89. The van der Waals surface area contributed by atoms with Crippen LogP contribution in [-0.2, 0) is 96.8 Å². The molecule has 0 radical (unpaired) electrons. The molecule has 0 atom stereocenters. The van der Waals surface area contributed by atoms with Crippen LogP contribution in [0.25, 0.3) is 0 Å². The van der Waals surface area contributed by atoms with Crippen LogP contribution in [0, 0.1) is 0 Å². The van der Waals surface area contributed by atoms with Crippen LogP contribution in [0.2, 0.25) is 0 Å². The summed E-state index contributed by atoms with van der Waals surface area (Å²) in [5, 5.41) is 0. The third-order valence-corrected chi connectivity index (χ3v) is 6.36. The lowest BCUT2D eigenvalue weighted by atomic mass is 9.87. The number of hydrogen-bond acceptors (Lipinski definition) is 12. The van der Waals surface area contributed by atoms with Crippen LogP contribution >= 0.6 is 0 Å². The molecule has 0 aromatic heterocycles. The Kier molecular flexibility index (Phi) is 15.7. The standard InChI is InChI=1S/C36H42O12/c1-19(2)31(37)43-13-25-26(14-44-32(38)20(3)4)28(16-46-34(40)22(7)8)30(18-48-36(42)24(11)12)29(17-47-35(41)23(9)10)27(25)15-45-33(39)21(5)6/h1,3,5,7,9,11,13-18H2,2,4,6,8,10,12H3. The predicted molar refractivity (Wildman–Crippen MR) is 174 cm³/mol. The highest BCUT2D eigenvalue weighted by Crippen LogP contribution is 2.34. The summed E-state index contributed by atoms with van der Waals surface area (Å²) >= 11 is 0. The van der Waals surface area contributed by atoms with Gasteiger partial charge in [0.15, 0.2) is 0 Å². The van der Waals surface area contributed by atoms with Crippen LogP contribution < -0.4 is 0 Å². The zero-order valence-electron chi connectivity index (χ0n) is 28.4. The van der Waals surface area contributed by atoms with E-state index in [9.17, 15) is 28.8 Å². The fraction of sp³-hybridized carbons (Fsp3) is 0.333. The number of benzene rings is 1. The Labute approximate surface area is 280 Å². The molecule has 0 fully saturated rings. The maximum atomic E-state index is 12.6. The van der Waals surface area contributed by atoms with Crippen LogP contribution in [0.1, 0.15) is 74.9 Å². The molecule has 0 aliphatic heterocycles. The molecule has 1 aromatic rings. The predicted octanol–water partition coefficient (Wildman–Crippen LogP) is 5.40. The lowest BCUT2D eigenvalue weighted by molar-refractivity contribution is -0.143. The average Bonchev–Trinajstić information content (AvgIpc) is 3.01. The lowest BCUT2D eigenvalue weighted by Gasteiger charge is -2.26. The second kappa shape index (κ2) is 18.6. The van der Waals surface area contributed by atoms with E-state index in [1.165, 1.54) is 41.5 Å². The molecular weight excluding hydrogens is 624 g/mol. The van der Waals surface area contributed by atoms with Gasteiger partial charge in [0.2, 0.25) is 0 Å². The number of carbonyl (C=O) groups excluding carboxylic acids is 6. The van der Waals surface area contributed by atoms with Crippen LogP contribution in [-0.4, -0.2) is 35.8 Å². The van der Waals surface area contributed by atoms with E-state index in [1.807, 2.05) is 0 Å². The summed E-state index contributed by atoms with van der Waals surface area (Å²) in [6, 6.07) is 0. The Morgan fingerprint density at radius 3 is 0.500 bits per heavy atom. The van der Waals surface area contributed by atoms with Crippen molar-refractivity contribution in [1.82, 2.24) is 0 Å². The normalized spacial score (nSPS) is 10.1. The van der Waals surface area contributed by atoms with Crippen LogP contribution in [0.15, 0.2) is 72.9 Å². The molecule has 1 aromatic carbocycles. The van der Waals surface area contributed by atoms with E-state index in [2.05, 4.69) is 39.5 Å². The van der Waals surface area contributed by atoms with Crippen molar-refractivity contribution >= 4 is 35.8 Å². The molecule has 0 unspecified atom stereocenters. The van der Waals surface area contributed by atoms with E-state index >= 15 is 0 Å². The van der Waals surface area contributed by atoms with Gasteiger partial charge in [-0.15, -0.1) is 0 Å². The molecule has 258 valence electrons. The summed E-state index contributed by atoms with van der Waals surface area (Å²) in [4.78, 5) is 75.4. The molecule has 1 rings (SSSR count). The molecule has 0 saturated carbocycles. The molecule has 48 heavy (non-hydrogen) atoms. The Morgan fingerprint density at radius 2 is 0.417 bits per heavy atom. The Bertz CT molecular complexity index is 1270. The van der Waals surface area contributed by atoms with Crippen LogP contribution in [0.3, 0.4) is 0 Å². The van der Waals surface area contributed by atoms with Gasteiger partial charge in [-0.25, -0.2) is 28.8 Å². The van der Waals surface area contributed by atoms with Gasteiger partial charge >= 0.3 is 35.8 Å². The van der Waals surface area contributed by atoms with E-state index in [0.717, 1.165) is 0 Å². The van der Waals surface area contributed by atoms with Gasteiger partial charge in [-0.3, -0.25) is 0 Å². The highest BCUT2D eigenvalue weighted by atomic mass is 16.6. The van der Waals surface area contributed by atoms with Crippen molar-refractivity contribution in [2.45, 2.75) is 81.2 Å². The molecule has 0 saturated heterocycles. The molecule has 0 aliphatic carbocycles. The molecule has 0 amide bonds. The van der Waals surface area contributed by atoms with Gasteiger partial charge in [0, 0.05) is 66.8 Å². The minimum absolute atomic E-state index is 0.0649. The van der Waals surface area contributed by atoms with Crippen molar-refractivity contribution in [3.05, 3.63) is 106 Å². The van der Waals surface area contributed by atoms with E-state index in [0.29, 0.717) is 0 Å². The first-order chi connectivity index (χ1) is 22.3. The minimum Gasteiger partial charge on any atom is -0.457 e. The average molecular weight is 667 g/mol. The molecule has 0 N–H and O–H groups in total. The zero-order chi connectivity index (χ0) is 36.9. The molecular formula is C36H42O12. The number of hydrogen-bond donors (Lipinski definition) is 0. The van der Waals surface area contributed by atoms with Crippen molar-refractivity contribution in [1.29, 1.82) is 0 Å². The third kappa shape index (κ3) is 12.0. The summed E-state index contributed by atoms with van der Waals surface area (Å²) in [5.74, 6) is -4.70. The molecule has 12 nitrogen and oxygen atoms in total. The molecule has 0 heterocycles. The van der Waals surface area contributed by atoms with Gasteiger partial charge in [-0.2, -0.15) is 0 Å². The van der Waals surface area contributed by atoms with Crippen molar-refractivity contribution < 1.29 is 57.2 Å². The third-order valence-electron chi connectivity index (χ3n) is 6.36. The van der Waals surface area contributed by atoms with Crippen molar-refractivity contribution in [2.24, 2.45) is 0 Å². The molecule has 0 aliphatic rings. The maximum Gasteiger partial charge on any atom is 0.333 e. The van der Waals surface area contributed by atoms with Gasteiger partial charge in [-0.1, -0.05) is 39.5 Å². The number of ether oxygens (including phenoxy) is 6. The monoisotopic (exact) mass is 666 g/mol. The van der Waals surface area contributed by atoms with Gasteiger partial charge in [0.25, 0.3) is 0 Å². The van der Waals surface area contributed by atoms with Gasteiger partial charge in [0.1, 0.15) is 39.6 Å². The van der Waals surface area contributed by atoms with E-state index in [4.69, 9.17) is 28.4 Å². The summed E-state index contributed by atoms with van der Waals surface area (Å²) < 4.78 is 32.9. The fourth-order valence-corrected chi connectivity index (χ4v) is 3.70. The minimum atomic E-state index is -0.783. The first-order valence-corrected chi connectivity index (χ1v) is 14.4. The van der Waals surface area contributed by atoms with Crippen molar-refractivity contribution in [3.8, 4) is 0 Å². The second-order valence-electron chi connectivity index (χ2n) is 11.0. The summed E-state index contributed by atoms with van der Waals surface area (Å²) in [6.45, 7) is 27.1. The lowest BCUT2D eigenvalue weighted by Crippen LogP contribution is -2.22. The van der Waals surface area contributed by atoms with Gasteiger partial charge < -0.3 is 28.4 Å². The highest BCUT2D eigenvalue weighted by Gasteiger charge is 2.29. The number of rotatable bonds is 18. The van der Waals surface area contributed by atoms with Crippen molar-refractivity contribution in [2.75, 3.05) is 0 Å². The smallest absolute Gasteiger partial charge is 0.333 e. The summed E-state index contributed by atoms with van der Waals surface area (Å²) in [6.07, 6.45) is 0. The maximum absolute atomic E-state index is 12.6. The van der Waals surface area contributed by atoms with Gasteiger partial charge in [0.05, 0.1) is 0 Å². The Balaban J connectivity index is 4.36. The number of esters is 6. The molecule has 0 bridgehead atoms. The quantitative estimate of drug-likeness (QED) is 0.112. The van der Waals surface area contributed by atoms with E-state index in [1.54, 1.807) is 0 Å². The Hall–Kier alpha value is -5.52. The van der Waals surface area contributed by atoms with E-state index in [-0.39, 0.29) is 66.8 Å². The molecule has 0 spiro atoms. The number of carbonyl (C=O) groups is 6. The molecule has 12 heteroatoms. The topological polar surface area (TPSA) is 158 Å².